The van der Waals surface area contributed by atoms with Crippen LogP contribution in [0.1, 0.15) is 62.0 Å². The fourth-order valence-electron chi connectivity index (χ4n) is 4.06. The van der Waals surface area contributed by atoms with Gasteiger partial charge in [0.1, 0.15) is 11.3 Å². The zero-order valence-corrected chi connectivity index (χ0v) is 15.7. The summed E-state index contributed by atoms with van der Waals surface area (Å²) in [7, 11) is 0. The lowest BCUT2D eigenvalue weighted by molar-refractivity contribution is 0.0697. The first-order chi connectivity index (χ1) is 12.2. The van der Waals surface area contributed by atoms with Crippen molar-refractivity contribution in [1.82, 2.24) is 0 Å². The Hall–Kier alpha value is -2.55. The van der Waals surface area contributed by atoms with Gasteiger partial charge in [-0.1, -0.05) is 39.8 Å². The molecule has 0 radical (unpaired) electrons. The molecule has 0 fully saturated rings. The number of rotatable bonds is 2. The minimum absolute atomic E-state index is 0.142. The summed E-state index contributed by atoms with van der Waals surface area (Å²) in [4.78, 5) is 11.2. The first kappa shape index (κ1) is 16.9. The highest BCUT2D eigenvalue weighted by molar-refractivity contribution is 5.94. The second kappa shape index (κ2) is 5.47. The summed E-state index contributed by atoms with van der Waals surface area (Å²) < 4.78 is 6.01. The third kappa shape index (κ3) is 2.63. The SMILES string of the molecule is CC1(C)CCC(C)(C)c2cc(-c3cc4cc(C(=O)O)ccc4o3)ccc21. The van der Waals surface area contributed by atoms with E-state index in [1.165, 1.54) is 24.0 Å². The third-order valence-corrected chi connectivity index (χ3v) is 5.90. The molecule has 0 amide bonds. The molecule has 134 valence electrons. The molecule has 3 heteroatoms. The van der Waals surface area contributed by atoms with Crippen molar-refractivity contribution in [3.63, 3.8) is 0 Å². The predicted octanol–water partition coefficient (Wildman–Crippen LogP) is 6.15. The van der Waals surface area contributed by atoms with Gasteiger partial charge >= 0.3 is 5.97 Å². The number of aromatic carboxylic acids is 1. The highest BCUT2D eigenvalue weighted by atomic mass is 16.4. The minimum atomic E-state index is -0.924. The van der Waals surface area contributed by atoms with E-state index in [1.807, 2.05) is 6.07 Å². The molecule has 1 heterocycles. The van der Waals surface area contributed by atoms with Gasteiger partial charge in [-0.3, -0.25) is 0 Å². The summed E-state index contributed by atoms with van der Waals surface area (Å²) in [6, 6.07) is 13.5. The summed E-state index contributed by atoms with van der Waals surface area (Å²) in [5.74, 6) is -0.142. The molecule has 0 saturated heterocycles. The number of hydrogen-bond donors (Lipinski definition) is 1. The van der Waals surface area contributed by atoms with Crippen LogP contribution in [0, 0.1) is 0 Å². The van der Waals surface area contributed by atoms with Gasteiger partial charge in [-0.2, -0.15) is 0 Å². The first-order valence-electron chi connectivity index (χ1n) is 9.10. The topological polar surface area (TPSA) is 50.4 Å². The van der Waals surface area contributed by atoms with Crippen LogP contribution in [0.25, 0.3) is 22.3 Å². The van der Waals surface area contributed by atoms with E-state index in [1.54, 1.807) is 18.2 Å². The Bertz CT molecular complexity index is 1020. The summed E-state index contributed by atoms with van der Waals surface area (Å²) in [6.07, 6.45) is 2.35. The van der Waals surface area contributed by atoms with Gasteiger partial charge in [-0.25, -0.2) is 4.79 Å². The van der Waals surface area contributed by atoms with Gasteiger partial charge < -0.3 is 9.52 Å². The first-order valence-corrected chi connectivity index (χ1v) is 9.10. The molecule has 0 saturated carbocycles. The summed E-state index contributed by atoms with van der Waals surface area (Å²) in [5.41, 5.74) is 5.17. The Morgan fingerprint density at radius 2 is 1.62 bits per heavy atom. The van der Waals surface area contributed by atoms with Gasteiger partial charge in [-0.15, -0.1) is 0 Å². The van der Waals surface area contributed by atoms with Gasteiger partial charge in [0.25, 0.3) is 0 Å². The fourth-order valence-corrected chi connectivity index (χ4v) is 4.06. The number of carboxylic acids is 1. The molecule has 0 bridgehead atoms. The van der Waals surface area contributed by atoms with Crippen molar-refractivity contribution < 1.29 is 14.3 Å². The molecule has 1 aliphatic carbocycles. The highest BCUT2D eigenvalue weighted by Gasteiger charge is 2.37. The van der Waals surface area contributed by atoms with Crippen molar-refractivity contribution >= 4 is 16.9 Å². The number of carbonyl (C=O) groups is 1. The average Bonchev–Trinajstić information content (AvgIpc) is 3.02. The molecular formula is C23H24O3. The van der Waals surface area contributed by atoms with Crippen LogP contribution < -0.4 is 0 Å². The molecule has 1 aromatic heterocycles. The van der Waals surface area contributed by atoms with Crippen LogP contribution in [-0.4, -0.2) is 11.1 Å². The quantitative estimate of drug-likeness (QED) is 0.604. The maximum absolute atomic E-state index is 11.2. The predicted molar refractivity (Wildman–Crippen MR) is 104 cm³/mol. The molecule has 4 rings (SSSR count). The summed E-state index contributed by atoms with van der Waals surface area (Å²) in [6.45, 7) is 9.25. The van der Waals surface area contributed by atoms with Crippen LogP contribution >= 0.6 is 0 Å². The van der Waals surface area contributed by atoms with E-state index in [0.29, 0.717) is 5.58 Å². The normalized spacial score (nSPS) is 17.8. The summed E-state index contributed by atoms with van der Waals surface area (Å²) in [5, 5.41) is 9.99. The molecule has 3 nitrogen and oxygen atoms in total. The van der Waals surface area contributed by atoms with Gasteiger partial charge in [0, 0.05) is 10.9 Å². The number of furan rings is 1. The molecule has 3 aromatic rings. The standard InChI is InChI=1S/C23H24O3/c1-22(2)9-10-23(3,4)18-12-14(5-7-17(18)22)20-13-16-11-15(21(24)25)6-8-19(16)26-20/h5-8,11-13H,9-10H2,1-4H3,(H,24,25). The number of benzene rings is 2. The molecule has 1 aliphatic rings. The van der Waals surface area contributed by atoms with E-state index < -0.39 is 5.97 Å². The lowest BCUT2D eigenvalue weighted by Gasteiger charge is -2.42. The number of hydrogen-bond acceptors (Lipinski definition) is 2. The monoisotopic (exact) mass is 348 g/mol. The van der Waals surface area contributed by atoms with Crippen LogP contribution in [0.2, 0.25) is 0 Å². The van der Waals surface area contributed by atoms with Crippen molar-refractivity contribution in [3.8, 4) is 11.3 Å². The molecule has 1 N–H and O–H groups in total. The molecule has 2 aromatic carbocycles. The zero-order valence-electron chi connectivity index (χ0n) is 15.7. The Kier molecular flexibility index (Phi) is 3.56. The van der Waals surface area contributed by atoms with E-state index in [-0.39, 0.29) is 16.4 Å². The summed E-state index contributed by atoms with van der Waals surface area (Å²) >= 11 is 0. The lowest BCUT2D eigenvalue weighted by atomic mass is 9.63. The number of fused-ring (bicyclic) bond motifs is 2. The van der Waals surface area contributed by atoms with Crippen LogP contribution in [0.3, 0.4) is 0 Å². The largest absolute Gasteiger partial charge is 0.478 e. The van der Waals surface area contributed by atoms with Gasteiger partial charge in [0.2, 0.25) is 0 Å². The fraction of sp³-hybridized carbons (Fsp3) is 0.348. The van der Waals surface area contributed by atoms with E-state index in [4.69, 9.17) is 4.42 Å². The van der Waals surface area contributed by atoms with Crippen LogP contribution in [-0.2, 0) is 10.8 Å². The lowest BCUT2D eigenvalue weighted by Crippen LogP contribution is -2.33. The van der Waals surface area contributed by atoms with E-state index in [0.717, 1.165) is 16.7 Å². The van der Waals surface area contributed by atoms with E-state index >= 15 is 0 Å². The molecule has 0 unspecified atom stereocenters. The van der Waals surface area contributed by atoms with Crippen LogP contribution in [0.5, 0.6) is 0 Å². The van der Waals surface area contributed by atoms with Crippen LogP contribution in [0.15, 0.2) is 46.9 Å². The average molecular weight is 348 g/mol. The zero-order chi connectivity index (χ0) is 18.7. The van der Waals surface area contributed by atoms with Gasteiger partial charge in [0.15, 0.2) is 0 Å². The van der Waals surface area contributed by atoms with Crippen molar-refractivity contribution in [3.05, 3.63) is 59.2 Å². The van der Waals surface area contributed by atoms with Crippen molar-refractivity contribution in [2.75, 3.05) is 0 Å². The Morgan fingerprint density at radius 3 is 2.31 bits per heavy atom. The Balaban J connectivity index is 1.84. The molecule has 26 heavy (non-hydrogen) atoms. The molecule has 0 spiro atoms. The van der Waals surface area contributed by atoms with Crippen LogP contribution in [0.4, 0.5) is 0 Å². The van der Waals surface area contributed by atoms with Crippen molar-refractivity contribution in [1.29, 1.82) is 0 Å². The van der Waals surface area contributed by atoms with E-state index in [2.05, 4.69) is 45.9 Å². The smallest absolute Gasteiger partial charge is 0.335 e. The Labute approximate surface area is 153 Å². The molecule has 0 aliphatic heterocycles. The second-order valence-electron chi connectivity index (χ2n) is 8.70. The minimum Gasteiger partial charge on any atom is -0.478 e. The van der Waals surface area contributed by atoms with Crippen molar-refractivity contribution in [2.45, 2.75) is 51.4 Å². The Morgan fingerprint density at radius 1 is 0.923 bits per heavy atom. The van der Waals surface area contributed by atoms with Gasteiger partial charge in [-0.05, 0) is 65.1 Å². The van der Waals surface area contributed by atoms with E-state index in [9.17, 15) is 9.90 Å². The maximum Gasteiger partial charge on any atom is 0.335 e. The highest BCUT2D eigenvalue weighted by Crippen LogP contribution is 2.47. The molecular weight excluding hydrogens is 324 g/mol. The second-order valence-corrected chi connectivity index (χ2v) is 8.70. The van der Waals surface area contributed by atoms with Crippen molar-refractivity contribution in [2.24, 2.45) is 0 Å². The van der Waals surface area contributed by atoms with Gasteiger partial charge in [0.05, 0.1) is 5.56 Å². The molecule has 0 atom stereocenters. The third-order valence-electron chi connectivity index (χ3n) is 5.90. The number of carboxylic acid groups (broad SMARTS) is 1. The maximum atomic E-state index is 11.2.